The summed E-state index contributed by atoms with van der Waals surface area (Å²) in [4.78, 5) is 0.222. The Balaban J connectivity index is 3.34. The molecule has 0 aliphatic carbocycles. The minimum Gasteiger partial charge on any atom is -0.211 e. The molecule has 0 saturated carbocycles. The molecule has 15 heavy (non-hydrogen) atoms. The number of hydrogen-bond donors (Lipinski definition) is 1. The lowest BCUT2D eigenvalue weighted by molar-refractivity contribution is 0.583. The van der Waals surface area contributed by atoms with Crippen LogP contribution >= 0.6 is 47.8 Å². The molecular formula is C8H8Br3NO2S. The van der Waals surface area contributed by atoms with Crippen molar-refractivity contribution in [2.75, 3.05) is 6.54 Å². The van der Waals surface area contributed by atoms with Crippen LogP contribution in [0, 0.1) is 0 Å². The average molecular weight is 422 g/mol. The van der Waals surface area contributed by atoms with E-state index in [2.05, 4.69) is 52.5 Å². The molecule has 1 N–H and O–H groups in total. The monoisotopic (exact) mass is 419 g/mol. The molecule has 0 saturated heterocycles. The Labute approximate surface area is 114 Å². The topological polar surface area (TPSA) is 46.2 Å². The fourth-order valence-corrected chi connectivity index (χ4v) is 4.16. The molecule has 1 aromatic rings. The van der Waals surface area contributed by atoms with Crippen molar-refractivity contribution in [3.8, 4) is 0 Å². The fourth-order valence-electron chi connectivity index (χ4n) is 0.983. The molecule has 0 aromatic heterocycles. The van der Waals surface area contributed by atoms with E-state index in [-0.39, 0.29) is 4.90 Å². The summed E-state index contributed by atoms with van der Waals surface area (Å²) < 4.78 is 27.9. The van der Waals surface area contributed by atoms with E-state index in [0.29, 0.717) is 15.5 Å². The third kappa shape index (κ3) is 3.03. The maximum atomic E-state index is 11.7. The lowest BCUT2D eigenvalue weighted by Crippen LogP contribution is -2.23. The number of rotatable bonds is 3. The van der Waals surface area contributed by atoms with Crippen LogP contribution in [0.5, 0.6) is 0 Å². The predicted octanol–water partition coefficient (Wildman–Crippen LogP) is 3.27. The van der Waals surface area contributed by atoms with Gasteiger partial charge in [-0.15, -0.1) is 0 Å². The van der Waals surface area contributed by atoms with Gasteiger partial charge in [-0.3, -0.25) is 0 Å². The van der Waals surface area contributed by atoms with E-state index in [1.807, 2.05) is 0 Å². The highest BCUT2D eigenvalue weighted by atomic mass is 79.9. The first-order valence-corrected chi connectivity index (χ1v) is 7.89. The van der Waals surface area contributed by atoms with Crippen LogP contribution in [0.4, 0.5) is 0 Å². The van der Waals surface area contributed by atoms with Crippen molar-refractivity contribution in [1.29, 1.82) is 0 Å². The van der Waals surface area contributed by atoms with E-state index in [1.165, 1.54) is 6.07 Å². The minimum atomic E-state index is -3.43. The number of sulfonamides is 1. The number of nitrogens with one attached hydrogen (secondary N) is 1. The van der Waals surface area contributed by atoms with Gasteiger partial charge in [0.15, 0.2) is 0 Å². The molecule has 0 heterocycles. The predicted molar refractivity (Wildman–Crippen MR) is 70.4 cm³/mol. The van der Waals surface area contributed by atoms with Crippen LogP contribution in [0.3, 0.4) is 0 Å². The van der Waals surface area contributed by atoms with Gasteiger partial charge in [-0.05, 0) is 59.9 Å². The van der Waals surface area contributed by atoms with E-state index in [0.717, 1.165) is 4.47 Å². The zero-order valence-corrected chi connectivity index (χ0v) is 13.3. The molecule has 0 bridgehead atoms. The maximum absolute atomic E-state index is 11.7. The van der Waals surface area contributed by atoms with Crippen molar-refractivity contribution in [3.63, 3.8) is 0 Å². The first-order chi connectivity index (χ1) is 6.90. The number of hydrogen-bond acceptors (Lipinski definition) is 2. The molecule has 0 fully saturated rings. The standard InChI is InChI=1S/C8H8Br3NO2S/c1-2-12-15(13,14)6-4-3-5(9)7(10)8(6)11/h3-4,12H,2H2,1H3. The molecule has 0 spiro atoms. The second-order valence-electron chi connectivity index (χ2n) is 2.67. The molecular weight excluding hydrogens is 414 g/mol. The quantitative estimate of drug-likeness (QED) is 0.761. The molecule has 0 atom stereocenters. The Bertz CT molecular complexity index is 473. The van der Waals surface area contributed by atoms with Crippen molar-refractivity contribution in [1.82, 2.24) is 4.72 Å². The van der Waals surface area contributed by atoms with Crippen molar-refractivity contribution in [2.45, 2.75) is 11.8 Å². The van der Waals surface area contributed by atoms with E-state index in [1.54, 1.807) is 13.0 Å². The van der Waals surface area contributed by atoms with Gasteiger partial charge < -0.3 is 0 Å². The second kappa shape index (κ2) is 5.27. The summed E-state index contributed by atoms with van der Waals surface area (Å²) in [7, 11) is -3.43. The van der Waals surface area contributed by atoms with Crippen LogP contribution in [0.15, 0.2) is 30.4 Å². The Hall–Kier alpha value is 0.570. The zero-order chi connectivity index (χ0) is 11.6. The molecule has 0 aliphatic rings. The van der Waals surface area contributed by atoms with Crippen LogP contribution in [0.2, 0.25) is 0 Å². The van der Waals surface area contributed by atoms with Crippen molar-refractivity contribution < 1.29 is 8.42 Å². The van der Waals surface area contributed by atoms with Crippen molar-refractivity contribution in [2.24, 2.45) is 0 Å². The fraction of sp³-hybridized carbons (Fsp3) is 0.250. The molecule has 0 unspecified atom stereocenters. The molecule has 7 heteroatoms. The summed E-state index contributed by atoms with van der Waals surface area (Å²) in [6.45, 7) is 2.10. The molecule has 1 rings (SSSR count). The van der Waals surface area contributed by atoms with Crippen molar-refractivity contribution in [3.05, 3.63) is 25.6 Å². The smallest absolute Gasteiger partial charge is 0.211 e. The normalized spacial score (nSPS) is 11.7. The second-order valence-corrected chi connectivity index (χ2v) is 6.85. The van der Waals surface area contributed by atoms with Gasteiger partial charge in [0.25, 0.3) is 0 Å². The highest BCUT2D eigenvalue weighted by molar-refractivity contribution is 9.14. The summed E-state index contributed by atoms with van der Waals surface area (Å²) >= 11 is 9.82. The molecule has 0 radical (unpaired) electrons. The highest BCUT2D eigenvalue weighted by Gasteiger charge is 2.19. The minimum absolute atomic E-state index is 0.222. The zero-order valence-electron chi connectivity index (χ0n) is 7.72. The van der Waals surface area contributed by atoms with Gasteiger partial charge in [0.2, 0.25) is 10.0 Å². The Morgan fingerprint density at radius 3 is 2.33 bits per heavy atom. The summed E-state index contributed by atoms with van der Waals surface area (Å²) in [5, 5.41) is 0. The SMILES string of the molecule is CCNS(=O)(=O)c1ccc(Br)c(Br)c1Br. The van der Waals surface area contributed by atoms with Gasteiger partial charge in [-0.25, -0.2) is 13.1 Å². The lowest BCUT2D eigenvalue weighted by atomic mass is 10.4. The van der Waals surface area contributed by atoms with E-state index < -0.39 is 10.0 Å². The Kier molecular flexibility index (Phi) is 4.79. The molecule has 1 aromatic carbocycles. The van der Waals surface area contributed by atoms with E-state index in [4.69, 9.17) is 0 Å². The molecule has 84 valence electrons. The lowest BCUT2D eigenvalue weighted by Gasteiger charge is -2.08. The van der Waals surface area contributed by atoms with Crippen LogP contribution in [-0.2, 0) is 10.0 Å². The average Bonchev–Trinajstić information content (AvgIpc) is 2.13. The van der Waals surface area contributed by atoms with Crippen LogP contribution in [-0.4, -0.2) is 15.0 Å². The maximum Gasteiger partial charge on any atom is 0.241 e. The molecule has 0 amide bonds. The van der Waals surface area contributed by atoms with Crippen molar-refractivity contribution >= 4 is 57.8 Å². The van der Waals surface area contributed by atoms with Gasteiger partial charge in [0.05, 0.1) is 9.37 Å². The molecule has 0 aliphatic heterocycles. The number of benzene rings is 1. The van der Waals surface area contributed by atoms with Crippen LogP contribution in [0.1, 0.15) is 6.92 Å². The van der Waals surface area contributed by atoms with Gasteiger partial charge in [0, 0.05) is 15.5 Å². The summed E-state index contributed by atoms with van der Waals surface area (Å²) in [6, 6.07) is 3.22. The Morgan fingerprint density at radius 2 is 1.80 bits per heavy atom. The summed E-state index contributed by atoms with van der Waals surface area (Å²) in [6.07, 6.45) is 0. The van der Waals surface area contributed by atoms with Gasteiger partial charge in [-0.1, -0.05) is 6.92 Å². The van der Waals surface area contributed by atoms with Gasteiger partial charge >= 0.3 is 0 Å². The largest absolute Gasteiger partial charge is 0.241 e. The summed E-state index contributed by atoms with van der Waals surface area (Å²) in [5.41, 5.74) is 0. The van der Waals surface area contributed by atoms with Crippen LogP contribution < -0.4 is 4.72 Å². The van der Waals surface area contributed by atoms with Gasteiger partial charge in [-0.2, -0.15) is 0 Å². The highest BCUT2D eigenvalue weighted by Crippen LogP contribution is 2.35. The number of halogens is 3. The Morgan fingerprint density at radius 1 is 1.20 bits per heavy atom. The van der Waals surface area contributed by atoms with E-state index in [9.17, 15) is 8.42 Å². The van der Waals surface area contributed by atoms with Crippen LogP contribution in [0.25, 0.3) is 0 Å². The third-order valence-corrected chi connectivity index (χ3v) is 6.85. The molecule has 3 nitrogen and oxygen atoms in total. The van der Waals surface area contributed by atoms with Gasteiger partial charge in [0.1, 0.15) is 0 Å². The third-order valence-electron chi connectivity index (χ3n) is 1.62. The summed E-state index contributed by atoms with van der Waals surface area (Å²) in [5.74, 6) is 0. The first-order valence-electron chi connectivity index (χ1n) is 4.03. The first kappa shape index (κ1) is 13.6. The van der Waals surface area contributed by atoms with E-state index >= 15 is 0 Å².